The summed E-state index contributed by atoms with van der Waals surface area (Å²) in [6, 6.07) is 9.34. The lowest BCUT2D eigenvalue weighted by Gasteiger charge is -2.09. The van der Waals surface area contributed by atoms with Gasteiger partial charge in [0.2, 0.25) is 5.82 Å². The van der Waals surface area contributed by atoms with Crippen molar-refractivity contribution >= 4 is 5.69 Å². The van der Waals surface area contributed by atoms with E-state index >= 15 is 0 Å². The minimum Gasteiger partial charge on any atom is -0.487 e. The molecule has 1 aromatic heterocycles. The molecule has 3 aromatic rings. The molecule has 0 saturated carbocycles. The summed E-state index contributed by atoms with van der Waals surface area (Å²) in [6.45, 7) is 0.531. The smallest absolute Gasteiger partial charge is 0.471 e. The van der Waals surface area contributed by atoms with Gasteiger partial charge in [-0.2, -0.15) is 28.4 Å². The number of alkyl halides is 3. The van der Waals surface area contributed by atoms with Crippen LogP contribution in [0.4, 0.5) is 23.2 Å². The first-order valence-corrected chi connectivity index (χ1v) is 7.74. The Labute approximate surface area is 149 Å². The third-order valence-corrected chi connectivity index (χ3v) is 3.83. The number of rotatable bonds is 4. The lowest BCUT2D eigenvalue weighted by molar-refractivity contribution is -0.159. The number of aromatic nitrogens is 2. The molecule has 2 heterocycles. The highest BCUT2D eigenvalue weighted by Crippen LogP contribution is 2.36. The van der Waals surface area contributed by atoms with Crippen molar-refractivity contribution in [1.29, 1.82) is 0 Å². The summed E-state index contributed by atoms with van der Waals surface area (Å²) in [5, 5.41) is 11.1. The Hall–Kier alpha value is -3.30. The third-order valence-electron chi connectivity index (χ3n) is 3.83. The van der Waals surface area contributed by atoms with Crippen molar-refractivity contribution in [3.8, 4) is 17.1 Å². The Morgan fingerprint density at radius 3 is 2.74 bits per heavy atom. The number of azo groups is 1. The Bertz CT molecular complexity index is 1030. The molecule has 0 bridgehead atoms. The Morgan fingerprint density at radius 2 is 2.00 bits per heavy atom. The molecule has 1 aliphatic rings. The van der Waals surface area contributed by atoms with Crippen LogP contribution in [0.3, 0.4) is 0 Å². The van der Waals surface area contributed by atoms with Crippen molar-refractivity contribution in [3.05, 3.63) is 59.2 Å². The highest BCUT2D eigenvalue weighted by molar-refractivity contribution is 5.59. The summed E-state index contributed by atoms with van der Waals surface area (Å²) in [6.07, 6.45) is -4.79. The van der Waals surface area contributed by atoms with Crippen LogP contribution in [-0.2, 0) is 19.3 Å². The number of hydrogen-bond acceptors (Lipinski definition) is 6. The zero-order valence-corrected chi connectivity index (χ0v) is 13.5. The summed E-state index contributed by atoms with van der Waals surface area (Å²) in [7, 11) is 0. The van der Waals surface area contributed by atoms with Crippen LogP contribution in [0.25, 0.3) is 11.4 Å². The number of hydrogen-bond donors (Lipinski definition) is 0. The van der Waals surface area contributed by atoms with E-state index in [0.29, 0.717) is 23.5 Å². The van der Waals surface area contributed by atoms with Gasteiger partial charge >= 0.3 is 12.1 Å². The van der Waals surface area contributed by atoms with Gasteiger partial charge in [0.15, 0.2) is 0 Å². The van der Waals surface area contributed by atoms with Crippen LogP contribution >= 0.6 is 0 Å². The molecule has 10 heteroatoms. The first-order valence-electron chi connectivity index (χ1n) is 7.74. The second kappa shape index (κ2) is 6.45. The highest BCUT2D eigenvalue weighted by Gasteiger charge is 2.38. The average molecular weight is 378 g/mol. The van der Waals surface area contributed by atoms with E-state index in [0.717, 1.165) is 11.6 Å². The van der Waals surface area contributed by atoms with Gasteiger partial charge in [-0.1, -0.05) is 23.4 Å². The fraction of sp³-hybridized carbons (Fsp3) is 0.176. The molecule has 2 aromatic carbocycles. The normalized spacial score (nSPS) is 13.0. The first kappa shape index (κ1) is 17.1. The van der Waals surface area contributed by atoms with E-state index in [2.05, 4.69) is 24.9 Å². The van der Waals surface area contributed by atoms with Crippen molar-refractivity contribution in [2.75, 3.05) is 0 Å². The summed E-state index contributed by atoms with van der Waals surface area (Å²) in [4.78, 5) is 3.18. The van der Waals surface area contributed by atoms with Gasteiger partial charge in [0.25, 0.3) is 0 Å². The predicted molar refractivity (Wildman–Crippen MR) is 83.7 cm³/mol. The topological polar surface area (TPSA) is 72.9 Å². The number of nitrogens with zero attached hydrogens (tertiary/aromatic N) is 4. The second-order valence-corrected chi connectivity index (χ2v) is 5.69. The van der Waals surface area contributed by atoms with Crippen LogP contribution in [0.1, 0.15) is 17.0 Å². The molecule has 0 atom stereocenters. The molecule has 0 N–H and O–H groups in total. The number of fused-ring (bicyclic) bond motifs is 1. The summed E-state index contributed by atoms with van der Waals surface area (Å²) < 4.78 is 61.6. The minimum atomic E-state index is -4.79. The number of halogens is 4. The molecule has 138 valence electrons. The molecule has 4 rings (SSSR count). The zero-order valence-electron chi connectivity index (χ0n) is 13.5. The van der Waals surface area contributed by atoms with E-state index in [9.17, 15) is 17.6 Å². The summed E-state index contributed by atoms with van der Waals surface area (Å²) in [5.74, 6) is -2.28. The van der Waals surface area contributed by atoms with E-state index in [1.165, 1.54) is 12.1 Å². The van der Waals surface area contributed by atoms with Crippen LogP contribution < -0.4 is 4.74 Å². The lowest BCUT2D eigenvalue weighted by atomic mass is 10.1. The zero-order chi connectivity index (χ0) is 19.0. The molecule has 0 unspecified atom stereocenters. The van der Waals surface area contributed by atoms with Crippen molar-refractivity contribution in [2.45, 2.75) is 19.3 Å². The fourth-order valence-corrected chi connectivity index (χ4v) is 2.55. The Balaban J connectivity index is 1.52. The summed E-state index contributed by atoms with van der Waals surface area (Å²) >= 11 is 0. The maximum absolute atomic E-state index is 14.3. The van der Waals surface area contributed by atoms with Gasteiger partial charge in [-0.25, -0.2) is 4.39 Å². The van der Waals surface area contributed by atoms with E-state index in [1.807, 2.05) is 12.1 Å². The van der Waals surface area contributed by atoms with Crippen LogP contribution in [0, 0.1) is 5.82 Å². The van der Waals surface area contributed by atoms with Gasteiger partial charge in [-0.3, -0.25) is 0 Å². The molecule has 0 amide bonds. The summed E-state index contributed by atoms with van der Waals surface area (Å²) in [5.41, 5.74) is 1.85. The molecular weight excluding hydrogens is 368 g/mol. The SMILES string of the molecule is Fc1cc(COc2cccc3c2N=NC3)ccc1-c1noc(C(F)(F)F)n1. The second-order valence-electron chi connectivity index (χ2n) is 5.69. The van der Waals surface area contributed by atoms with Crippen LogP contribution in [0.15, 0.2) is 51.1 Å². The highest BCUT2D eigenvalue weighted by atomic mass is 19.4. The third kappa shape index (κ3) is 3.37. The van der Waals surface area contributed by atoms with Crippen LogP contribution in [0.5, 0.6) is 5.75 Å². The molecule has 6 nitrogen and oxygen atoms in total. The van der Waals surface area contributed by atoms with Gasteiger partial charge in [0.1, 0.15) is 23.9 Å². The lowest BCUT2D eigenvalue weighted by Crippen LogP contribution is -2.05. The van der Waals surface area contributed by atoms with Gasteiger partial charge in [0.05, 0.1) is 12.1 Å². The Kier molecular flexibility index (Phi) is 4.09. The average Bonchev–Trinajstić information content (AvgIpc) is 3.29. The van der Waals surface area contributed by atoms with Crippen LogP contribution in [0.2, 0.25) is 0 Å². The maximum atomic E-state index is 14.3. The van der Waals surface area contributed by atoms with Gasteiger partial charge in [0, 0.05) is 5.56 Å². The quantitative estimate of drug-likeness (QED) is 0.594. The standard InChI is InChI=1S/C17H10F4N4O2/c18-12-6-9(8-26-13-3-1-2-10-7-22-24-14(10)13)4-5-11(12)15-23-16(27-25-15)17(19,20)21/h1-6H,7-8H2. The van der Waals surface area contributed by atoms with E-state index < -0.39 is 23.7 Å². The van der Waals surface area contributed by atoms with Gasteiger partial charge in [-0.05, 0) is 23.8 Å². The van der Waals surface area contributed by atoms with Crippen molar-refractivity contribution in [2.24, 2.45) is 10.2 Å². The Morgan fingerprint density at radius 1 is 1.15 bits per heavy atom. The van der Waals surface area contributed by atoms with Crippen LogP contribution in [-0.4, -0.2) is 10.1 Å². The maximum Gasteiger partial charge on any atom is 0.471 e. The molecule has 27 heavy (non-hydrogen) atoms. The van der Waals surface area contributed by atoms with Crippen molar-refractivity contribution in [3.63, 3.8) is 0 Å². The molecule has 0 fully saturated rings. The molecule has 0 aliphatic carbocycles. The van der Waals surface area contributed by atoms with E-state index in [-0.39, 0.29) is 12.2 Å². The van der Waals surface area contributed by atoms with E-state index in [1.54, 1.807) is 6.07 Å². The number of benzene rings is 2. The molecule has 0 spiro atoms. The molecule has 0 radical (unpaired) electrons. The van der Waals surface area contributed by atoms with Crippen molar-refractivity contribution < 1.29 is 26.8 Å². The molecule has 0 saturated heterocycles. The largest absolute Gasteiger partial charge is 0.487 e. The minimum absolute atomic E-state index is 0.0449. The predicted octanol–water partition coefficient (Wildman–Crippen LogP) is 5.07. The van der Waals surface area contributed by atoms with Crippen molar-refractivity contribution in [1.82, 2.24) is 10.1 Å². The van der Waals surface area contributed by atoms with E-state index in [4.69, 9.17) is 4.74 Å². The van der Waals surface area contributed by atoms with Gasteiger partial charge < -0.3 is 9.26 Å². The monoisotopic (exact) mass is 378 g/mol. The first-order chi connectivity index (χ1) is 12.9. The fourth-order valence-electron chi connectivity index (χ4n) is 2.55. The number of ether oxygens (including phenoxy) is 1. The van der Waals surface area contributed by atoms with Gasteiger partial charge in [-0.15, -0.1) is 0 Å². The molecule has 1 aliphatic heterocycles. The molecular formula is C17H10F4N4O2.